The van der Waals surface area contributed by atoms with Gasteiger partial charge in [0.25, 0.3) is 0 Å². The van der Waals surface area contributed by atoms with Crippen molar-refractivity contribution in [1.82, 2.24) is 4.57 Å². The third-order valence-corrected chi connectivity index (χ3v) is 6.77. The first-order valence-corrected chi connectivity index (χ1v) is 9.98. The van der Waals surface area contributed by atoms with Crippen LogP contribution in [0.1, 0.15) is 47.6 Å². The number of hydrogen-bond donors (Lipinski definition) is 2. The summed E-state index contributed by atoms with van der Waals surface area (Å²) in [6.45, 7) is 1.02. The lowest BCUT2D eigenvalue weighted by Gasteiger charge is -2.24. The Morgan fingerprint density at radius 2 is 2.10 bits per heavy atom. The molecule has 2 aliphatic carbocycles. The molecule has 1 saturated heterocycles. The van der Waals surface area contributed by atoms with Crippen molar-refractivity contribution < 1.29 is 18.7 Å². The van der Waals surface area contributed by atoms with E-state index in [-0.39, 0.29) is 40.0 Å². The smallest absolute Gasteiger partial charge is 0.341 e. The molecule has 0 bridgehead atoms. The van der Waals surface area contributed by atoms with E-state index in [4.69, 9.17) is 5.73 Å². The van der Waals surface area contributed by atoms with Crippen molar-refractivity contribution in [1.29, 1.82) is 5.26 Å². The molecule has 3 N–H and O–H groups in total. The van der Waals surface area contributed by atoms with Crippen LogP contribution in [0.3, 0.4) is 0 Å². The molecule has 7 nitrogen and oxygen atoms in total. The topological polar surface area (TPSA) is 112 Å². The average Bonchev–Trinajstić information content (AvgIpc) is 3.57. The van der Waals surface area contributed by atoms with Gasteiger partial charge in [0.1, 0.15) is 29.2 Å². The standard InChI is InChI=1S/C21H20F2N4O3/c22-14-6-16(14)27-9-13(20(29)30)19(28)11-5-15(23)18(12(7-24)17(11)27)26-4-1-10(8-26)21(25)2-3-21/h5,9-10,14,16H,1-4,6,8,25H2,(H,29,30)/t10-,14-,16-/m1/s1. The van der Waals surface area contributed by atoms with E-state index in [1.54, 1.807) is 4.90 Å². The van der Waals surface area contributed by atoms with E-state index < -0.39 is 35.0 Å². The third-order valence-electron chi connectivity index (χ3n) is 6.77. The van der Waals surface area contributed by atoms with Gasteiger partial charge in [-0.25, -0.2) is 13.6 Å². The summed E-state index contributed by atoms with van der Waals surface area (Å²) in [5, 5.41) is 19.1. The predicted octanol–water partition coefficient (Wildman–Crippen LogP) is 2.31. The van der Waals surface area contributed by atoms with Gasteiger partial charge in [-0.1, -0.05) is 0 Å². The maximum absolute atomic E-state index is 15.2. The first kappa shape index (κ1) is 19.0. The number of rotatable bonds is 4. The van der Waals surface area contributed by atoms with Gasteiger partial charge in [0.15, 0.2) is 0 Å². The Kier molecular flexibility index (Phi) is 3.96. The van der Waals surface area contributed by atoms with E-state index in [0.717, 1.165) is 31.5 Å². The summed E-state index contributed by atoms with van der Waals surface area (Å²) in [7, 11) is 0. The highest BCUT2D eigenvalue weighted by Crippen LogP contribution is 2.46. The molecule has 1 aromatic carbocycles. The van der Waals surface area contributed by atoms with E-state index >= 15 is 4.39 Å². The Morgan fingerprint density at radius 3 is 2.67 bits per heavy atom. The Hall–Kier alpha value is -2.99. The first-order valence-electron chi connectivity index (χ1n) is 9.98. The minimum atomic E-state index is -1.48. The average molecular weight is 414 g/mol. The lowest BCUT2D eigenvalue weighted by molar-refractivity contribution is 0.0694. The lowest BCUT2D eigenvalue weighted by Crippen LogP contribution is -2.35. The molecule has 1 aliphatic heterocycles. The minimum absolute atomic E-state index is 0.0688. The Morgan fingerprint density at radius 1 is 1.40 bits per heavy atom. The quantitative estimate of drug-likeness (QED) is 0.794. The van der Waals surface area contributed by atoms with Crippen LogP contribution in [0.15, 0.2) is 17.1 Å². The normalized spacial score (nSPS) is 26.6. The van der Waals surface area contributed by atoms with Crippen molar-refractivity contribution in [2.24, 2.45) is 11.7 Å². The van der Waals surface area contributed by atoms with Crippen LogP contribution < -0.4 is 16.1 Å². The van der Waals surface area contributed by atoms with Gasteiger partial charge in [-0.2, -0.15) is 5.26 Å². The summed E-state index contributed by atoms with van der Waals surface area (Å²) in [6.07, 6.45) is 2.64. The van der Waals surface area contributed by atoms with Gasteiger partial charge in [-0.15, -0.1) is 0 Å². The second-order valence-electron chi connectivity index (χ2n) is 8.66. The number of carboxylic acid groups (broad SMARTS) is 1. The monoisotopic (exact) mass is 414 g/mol. The predicted molar refractivity (Wildman–Crippen MR) is 105 cm³/mol. The van der Waals surface area contributed by atoms with Crippen LogP contribution in [-0.4, -0.2) is 40.4 Å². The summed E-state index contributed by atoms with van der Waals surface area (Å²) >= 11 is 0. The van der Waals surface area contributed by atoms with Gasteiger partial charge in [0.05, 0.1) is 22.6 Å². The fourth-order valence-corrected chi connectivity index (χ4v) is 4.73. The largest absolute Gasteiger partial charge is 0.477 e. The number of nitrogens with two attached hydrogens (primary N) is 1. The number of nitriles is 1. The highest BCUT2D eigenvalue weighted by molar-refractivity contribution is 5.96. The second-order valence-corrected chi connectivity index (χ2v) is 8.66. The number of carbonyl (C=O) groups is 1. The molecule has 3 fully saturated rings. The van der Waals surface area contributed by atoms with E-state index in [9.17, 15) is 24.3 Å². The molecule has 9 heteroatoms. The van der Waals surface area contributed by atoms with Gasteiger partial charge in [-0.3, -0.25) is 4.79 Å². The number of aromatic carboxylic acids is 1. The summed E-state index contributed by atoms with van der Waals surface area (Å²) in [4.78, 5) is 26.0. The van der Waals surface area contributed by atoms with Crippen molar-refractivity contribution in [2.45, 2.75) is 43.4 Å². The maximum atomic E-state index is 15.2. The summed E-state index contributed by atoms with van der Waals surface area (Å²) < 4.78 is 30.4. The molecule has 0 radical (unpaired) electrons. The fraction of sp³-hybridized carbons (Fsp3) is 0.476. The Balaban J connectivity index is 1.73. The minimum Gasteiger partial charge on any atom is -0.477 e. The molecule has 0 unspecified atom stereocenters. The van der Waals surface area contributed by atoms with Crippen LogP contribution in [0.5, 0.6) is 0 Å². The number of nitrogens with zero attached hydrogens (tertiary/aromatic N) is 3. The number of aromatic nitrogens is 1. The molecule has 1 aromatic heterocycles. The van der Waals surface area contributed by atoms with E-state index in [0.29, 0.717) is 13.1 Å². The molecule has 2 saturated carbocycles. The molecule has 0 spiro atoms. The molecule has 30 heavy (non-hydrogen) atoms. The van der Waals surface area contributed by atoms with E-state index in [2.05, 4.69) is 0 Å². The zero-order valence-corrected chi connectivity index (χ0v) is 16.1. The fourth-order valence-electron chi connectivity index (χ4n) is 4.73. The number of alkyl halides is 1. The van der Waals surface area contributed by atoms with E-state index in [1.165, 1.54) is 4.57 Å². The number of carboxylic acids is 1. The molecule has 2 aromatic rings. The Labute approximate surface area is 170 Å². The van der Waals surface area contributed by atoms with Crippen molar-refractivity contribution in [3.63, 3.8) is 0 Å². The zero-order chi connectivity index (χ0) is 21.4. The summed E-state index contributed by atoms with van der Waals surface area (Å²) in [5.74, 6) is -2.05. The number of anilines is 1. The highest BCUT2D eigenvalue weighted by Gasteiger charge is 2.48. The second kappa shape index (κ2) is 6.25. The molecule has 0 amide bonds. The van der Waals surface area contributed by atoms with Gasteiger partial charge in [-0.05, 0) is 31.2 Å². The third kappa shape index (κ3) is 2.70. The summed E-state index contributed by atoms with van der Waals surface area (Å²) in [5.41, 5.74) is 4.72. The highest BCUT2D eigenvalue weighted by atomic mass is 19.1. The van der Waals surface area contributed by atoms with Gasteiger partial charge >= 0.3 is 5.97 Å². The number of benzene rings is 1. The Bertz CT molecular complexity index is 1200. The lowest BCUT2D eigenvalue weighted by atomic mass is 9.97. The van der Waals surface area contributed by atoms with Crippen LogP contribution in [-0.2, 0) is 0 Å². The molecule has 156 valence electrons. The number of halogens is 2. The number of pyridine rings is 1. The summed E-state index contributed by atoms with van der Waals surface area (Å²) in [6, 6.07) is 2.30. The van der Waals surface area contributed by atoms with Crippen molar-refractivity contribution >= 4 is 22.6 Å². The molecule has 3 atom stereocenters. The van der Waals surface area contributed by atoms with Crippen LogP contribution in [0.25, 0.3) is 10.9 Å². The van der Waals surface area contributed by atoms with Gasteiger partial charge < -0.3 is 20.3 Å². The molecule has 5 rings (SSSR count). The first-order chi connectivity index (χ1) is 14.2. The van der Waals surface area contributed by atoms with Crippen LogP contribution in [0, 0.1) is 23.1 Å². The van der Waals surface area contributed by atoms with Crippen molar-refractivity contribution in [3.8, 4) is 6.07 Å². The SMILES string of the molecule is N#Cc1c(N2CC[C@@H](C3(N)CC3)C2)c(F)cc2c(=O)c(C(=O)O)cn([C@@H]3C[C@H]3F)c12. The van der Waals surface area contributed by atoms with E-state index in [1.807, 2.05) is 6.07 Å². The van der Waals surface area contributed by atoms with Gasteiger partial charge in [0, 0.05) is 31.2 Å². The van der Waals surface area contributed by atoms with Crippen molar-refractivity contribution in [3.05, 3.63) is 39.4 Å². The molecular weight excluding hydrogens is 394 g/mol. The number of fused-ring (bicyclic) bond motifs is 1. The van der Waals surface area contributed by atoms with Crippen molar-refractivity contribution in [2.75, 3.05) is 18.0 Å². The van der Waals surface area contributed by atoms with Gasteiger partial charge in [0.2, 0.25) is 5.43 Å². The zero-order valence-electron chi connectivity index (χ0n) is 16.1. The van der Waals surface area contributed by atoms with Crippen LogP contribution in [0.2, 0.25) is 0 Å². The maximum Gasteiger partial charge on any atom is 0.341 e. The molecule has 2 heterocycles. The van der Waals surface area contributed by atoms with Crippen LogP contribution >= 0.6 is 0 Å². The van der Waals surface area contributed by atoms with Crippen LogP contribution in [0.4, 0.5) is 14.5 Å². The number of hydrogen-bond acceptors (Lipinski definition) is 5. The molecular formula is C21H20F2N4O3. The molecule has 3 aliphatic rings.